The van der Waals surface area contributed by atoms with Crippen LogP contribution >= 0.6 is 0 Å². The smallest absolute Gasteiger partial charge is 0.254 e. The summed E-state index contributed by atoms with van der Waals surface area (Å²) >= 11 is 0. The summed E-state index contributed by atoms with van der Waals surface area (Å²) in [6, 6.07) is 4.04. The molecule has 2 aromatic rings. The van der Waals surface area contributed by atoms with Gasteiger partial charge >= 0.3 is 0 Å². The summed E-state index contributed by atoms with van der Waals surface area (Å²) in [7, 11) is -1.02. The number of rotatable bonds is 5. The summed E-state index contributed by atoms with van der Waals surface area (Å²) in [5, 5.41) is 2.63. The largest absolute Gasteiger partial charge is 0.349 e. The molecule has 1 heterocycles. The van der Waals surface area contributed by atoms with Crippen LogP contribution in [0.1, 0.15) is 17.3 Å². The number of benzene rings is 1. The Kier molecular flexibility index (Phi) is 5.32. The predicted molar refractivity (Wildman–Crippen MR) is 83.3 cm³/mol. The van der Waals surface area contributed by atoms with Crippen LogP contribution in [-0.2, 0) is 10.8 Å². The number of halogens is 1. The highest BCUT2D eigenvalue weighted by Gasteiger charge is 2.15. The van der Waals surface area contributed by atoms with Crippen molar-refractivity contribution in [2.75, 3.05) is 12.0 Å². The van der Waals surface area contributed by atoms with E-state index in [1.807, 2.05) is 0 Å². The predicted octanol–water partition coefficient (Wildman–Crippen LogP) is 1.78. The second-order valence-electron chi connectivity index (χ2n) is 4.94. The molecule has 1 aromatic carbocycles. The summed E-state index contributed by atoms with van der Waals surface area (Å²) in [6.45, 7) is 1.73. The maximum absolute atomic E-state index is 14.1. The molecule has 2 unspecified atom stereocenters. The van der Waals surface area contributed by atoms with Gasteiger partial charge in [0.25, 0.3) is 5.91 Å². The third-order valence-corrected chi connectivity index (χ3v) is 3.94. The molecule has 0 saturated heterocycles. The number of hydrogen-bond acceptors (Lipinski definition) is 4. The monoisotopic (exact) mass is 321 g/mol. The third-order valence-electron chi connectivity index (χ3n) is 2.97. The Morgan fingerprint density at radius 3 is 2.59 bits per heavy atom. The molecule has 1 aromatic heterocycles. The van der Waals surface area contributed by atoms with E-state index in [9.17, 15) is 13.4 Å². The maximum atomic E-state index is 14.1. The topological polar surface area (TPSA) is 72.0 Å². The fourth-order valence-electron chi connectivity index (χ4n) is 2.02. The van der Waals surface area contributed by atoms with Crippen LogP contribution in [0.5, 0.6) is 0 Å². The first-order valence-corrected chi connectivity index (χ1v) is 8.36. The third kappa shape index (κ3) is 4.17. The first-order chi connectivity index (χ1) is 10.5. The molecule has 1 N–H and O–H groups in total. The lowest BCUT2D eigenvalue weighted by molar-refractivity contribution is 0.0939. The van der Waals surface area contributed by atoms with Gasteiger partial charge in [-0.05, 0) is 24.6 Å². The molecule has 5 nitrogen and oxygen atoms in total. The molecule has 1 amide bonds. The molecule has 2 atom stereocenters. The minimum Gasteiger partial charge on any atom is -0.349 e. The Hall–Kier alpha value is -2.15. The Morgan fingerprint density at radius 2 is 2.00 bits per heavy atom. The first-order valence-electron chi connectivity index (χ1n) is 6.63. The first kappa shape index (κ1) is 16.2. The Morgan fingerprint density at radius 1 is 1.32 bits per heavy atom. The summed E-state index contributed by atoms with van der Waals surface area (Å²) in [5.41, 5.74) is 1.22. The van der Waals surface area contributed by atoms with Gasteiger partial charge in [-0.3, -0.25) is 9.00 Å². The van der Waals surface area contributed by atoms with Crippen molar-refractivity contribution < 1.29 is 13.4 Å². The lowest BCUT2D eigenvalue weighted by Gasteiger charge is -2.13. The van der Waals surface area contributed by atoms with E-state index >= 15 is 0 Å². The highest BCUT2D eigenvalue weighted by atomic mass is 32.2. The second kappa shape index (κ2) is 7.22. The van der Waals surface area contributed by atoms with Gasteiger partial charge in [-0.1, -0.05) is 6.07 Å². The molecule has 7 heteroatoms. The van der Waals surface area contributed by atoms with Crippen molar-refractivity contribution in [3.8, 4) is 11.1 Å². The van der Waals surface area contributed by atoms with Crippen LogP contribution in [0.25, 0.3) is 11.1 Å². The molecule has 0 radical (unpaired) electrons. The van der Waals surface area contributed by atoms with Gasteiger partial charge in [0.2, 0.25) is 0 Å². The Balaban J connectivity index is 2.16. The summed E-state index contributed by atoms with van der Waals surface area (Å²) < 4.78 is 25.3. The Bertz CT molecular complexity index is 694. The van der Waals surface area contributed by atoms with Gasteiger partial charge in [0, 0.05) is 46.8 Å². The molecular weight excluding hydrogens is 305 g/mol. The van der Waals surface area contributed by atoms with E-state index in [-0.39, 0.29) is 11.6 Å². The van der Waals surface area contributed by atoms with Gasteiger partial charge in [-0.15, -0.1) is 0 Å². The van der Waals surface area contributed by atoms with Gasteiger partial charge in [0.05, 0.1) is 5.56 Å². The van der Waals surface area contributed by atoms with Crippen molar-refractivity contribution in [2.45, 2.75) is 13.0 Å². The quantitative estimate of drug-likeness (QED) is 0.911. The average molecular weight is 321 g/mol. The molecule has 0 aliphatic heterocycles. The van der Waals surface area contributed by atoms with Crippen LogP contribution < -0.4 is 5.32 Å². The molecule has 0 fully saturated rings. The lowest BCUT2D eigenvalue weighted by atomic mass is 10.1. The van der Waals surface area contributed by atoms with E-state index in [1.165, 1.54) is 18.5 Å². The number of amides is 1. The van der Waals surface area contributed by atoms with E-state index in [2.05, 4.69) is 15.3 Å². The molecule has 0 aliphatic carbocycles. The number of carbonyl (C=O) groups is 1. The lowest BCUT2D eigenvalue weighted by Crippen LogP contribution is -2.36. The molecule has 0 aliphatic rings. The van der Waals surface area contributed by atoms with Gasteiger partial charge < -0.3 is 5.32 Å². The number of hydrogen-bond donors (Lipinski definition) is 1. The standard InChI is InChI=1S/C15H16FN3O2S/c1-10(8-22(2)21)19-15(20)13-4-3-11(5-14(13)16)12-6-17-9-18-7-12/h3-7,9-10H,8H2,1-2H3,(H,19,20). The Labute approximate surface area is 130 Å². The normalized spacial score (nSPS) is 13.4. The van der Waals surface area contributed by atoms with Crippen molar-refractivity contribution in [1.82, 2.24) is 15.3 Å². The second-order valence-corrected chi connectivity index (χ2v) is 6.42. The fraction of sp³-hybridized carbons (Fsp3) is 0.267. The number of nitrogens with zero attached hydrogens (tertiary/aromatic N) is 2. The molecule has 116 valence electrons. The summed E-state index contributed by atoms with van der Waals surface area (Å²) in [5.74, 6) is -0.817. The van der Waals surface area contributed by atoms with Crippen LogP contribution in [0, 0.1) is 5.82 Å². The van der Waals surface area contributed by atoms with E-state index in [0.717, 1.165) is 0 Å². The van der Waals surface area contributed by atoms with E-state index < -0.39 is 22.5 Å². The zero-order valence-electron chi connectivity index (χ0n) is 12.2. The van der Waals surface area contributed by atoms with Crippen LogP contribution in [0.15, 0.2) is 36.9 Å². The maximum Gasteiger partial charge on any atom is 0.254 e. The molecule has 0 spiro atoms. The van der Waals surface area contributed by atoms with Crippen LogP contribution in [-0.4, -0.2) is 38.1 Å². The number of nitrogens with one attached hydrogen (secondary N) is 1. The van der Waals surface area contributed by atoms with Gasteiger partial charge in [0.15, 0.2) is 0 Å². The van der Waals surface area contributed by atoms with Crippen molar-refractivity contribution in [2.24, 2.45) is 0 Å². The molecule has 0 saturated carbocycles. The zero-order valence-corrected chi connectivity index (χ0v) is 13.1. The van der Waals surface area contributed by atoms with E-state index in [0.29, 0.717) is 16.9 Å². The van der Waals surface area contributed by atoms with Crippen molar-refractivity contribution in [3.05, 3.63) is 48.3 Å². The van der Waals surface area contributed by atoms with Crippen LogP contribution in [0.2, 0.25) is 0 Å². The van der Waals surface area contributed by atoms with E-state index in [1.54, 1.807) is 31.6 Å². The molecule has 2 rings (SSSR count). The van der Waals surface area contributed by atoms with Crippen LogP contribution in [0.3, 0.4) is 0 Å². The highest BCUT2D eigenvalue weighted by molar-refractivity contribution is 7.84. The summed E-state index contributed by atoms with van der Waals surface area (Å²) in [4.78, 5) is 19.8. The van der Waals surface area contributed by atoms with Crippen molar-refractivity contribution >= 4 is 16.7 Å². The SMILES string of the molecule is CC(CS(C)=O)NC(=O)c1ccc(-c2cncnc2)cc1F. The molecular formula is C15H16FN3O2S. The highest BCUT2D eigenvalue weighted by Crippen LogP contribution is 2.20. The van der Waals surface area contributed by atoms with Gasteiger partial charge in [-0.25, -0.2) is 14.4 Å². The van der Waals surface area contributed by atoms with Crippen molar-refractivity contribution in [1.29, 1.82) is 0 Å². The summed E-state index contributed by atoms with van der Waals surface area (Å²) in [6.07, 6.45) is 6.08. The zero-order chi connectivity index (χ0) is 16.1. The number of carbonyl (C=O) groups excluding carboxylic acids is 1. The van der Waals surface area contributed by atoms with Gasteiger partial charge in [0.1, 0.15) is 12.1 Å². The average Bonchev–Trinajstić information content (AvgIpc) is 2.46. The van der Waals surface area contributed by atoms with Crippen LogP contribution in [0.4, 0.5) is 4.39 Å². The minimum absolute atomic E-state index is 0.0469. The van der Waals surface area contributed by atoms with Crippen molar-refractivity contribution in [3.63, 3.8) is 0 Å². The number of aromatic nitrogens is 2. The van der Waals surface area contributed by atoms with E-state index in [4.69, 9.17) is 0 Å². The molecule has 22 heavy (non-hydrogen) atoms. The fourth-order valence-corrected chi connectivity index (χ4v) is 2.81. The minimum atomic E-state index is -1.02. The van der Waals surface area contributed by atoms with Gasteiger partial charge in [-0.2, -0.15) is 0 Å². The molecule has 0 bridgehead atoms.